The Morgan fingerprint density at radius 3 is 2.10 bits per heavy atom. The van der Waals surface area contributed by atoms with Crippen molar-refractivity contribution in [1.82, 2.24) is 0 Å². The van der Waals surface area contributed by atoms with Gasteiger partial charge in [0.15, 0.2) is 0 Å². The Kier molecular flexibility index (Phi) is 5.29. The van der Waals surface area contributed by atoms with E-state index in [0.29, 0.717) is 11.3 Å². The lowest BCUT2D eigenvalue weighted by molar-refractivity contribution is -0.120. The van der Waals surface area contributed by atoms with Crippen molar-refractivity contribution >= 4 is 34.4 Å². The molecule has 0 aromatic heterocycles. The minimum Gasteiger partial charge on any atom is -0.378 e. The molecule has 156 valence electrons. The third kappa shape index (κ3) is 3.80. The first-order chi connectivity index (χ1) is 14.9. The van der Waals surface area contributed by atoms with Gasteiger partial charge in [-0.2, -0.15) is 0 Å². The van der Waals surface area contributed by atoms with E-state index in [0.717, 1.165) is 21.8 Å². The smallest absolute Gasteiger partial charge is 0.282 e. The summed E-state index contributed by atoms with van der Waals surface area (Å²) in [5, 5.41) is 3.15. The Morgan fingerprint density at radius 2 is 1.48 bits per heavy atom. The quantitative estimate of drug-likeness (QED) is 0.619. The topological polar surface area (TPSA) is 52.7 Å². The largest absolute Gasteiger partial charge is 0.378 e. The van der Waals surface area contributed by atoms with Gasteiger partial charge in [-0.05, 0) is 60.5 Å². The molecule has 5 nitrogen and oxygen atoms in total. The molecule has 0 unspecified atom stereocenters. The zero-order valence-corrected chi connectivity index (χ0v) is 17.5. The fourth-order valence-corrected chi connectivity index (χ4v) is 3.51. The van der Waals surface area contributed by atoms with Gasteiger partial charge >= 0.3 is 0 Å². The molecule has 0 saturated heterocycles. The van der Waals surface area contributed by atoms with Crippen LogP contribution in [0.15, 0.2) is 78.5 Å². The number of para-hydroxylation sites is 1. The Balaban J connectivity index is 1.80. The van der Waals surface area contributed by atoms with Crippen molar-refractivity contribution in [2.24, 2.45) is 0 Å². The van der Waals surface area contributed by atoms with Gasteiger partial charge in [-0.3, -0.25) is 9.59 Å². The van der Waals surface area contributed by atoms with Gasteiger partial charge in [0, 0.05) is 25.5 Å². The van der Waals surface area contributed by atoms with Crippen LogP contribution in [0.3, 0.4) is 0 Å². The molecular weight excluding hydrogens is 393 g/mol. The van der Waals surface area contributed by atoms with Gasteiger partial charge < -0.3 is 10.2 Å². The normalized spacial score (nSPS) is 13.7. The number of hydrogen-bond donors (Lipinski definition) is 1. The van der Waals surface area contributed by atoms with Crippen LogP contribution in [0, 0.1) is 12.7 Å². The van der Waals surface area contributed by atoms with Gasteiger partial charge in [-0.25, -0.2) is 9.29 Å². The van der Waals surface area contributed by atoms with E-state index in [1.54, 1.807) is 12.1 Å². The number of imide groups is 1. The zero-order valence-electron chi connectivity index (χ0n) is 17.5. The molecule has 4 rings (SSSR count). The summed E-state index contributed by atoms with van der Waals surface area (Å²) in [5.41, 5.74) is 3.94. The first-order valence-corrected chi connectivity index (χ1v) is 9.86. The number of nitrogens with one attached hydrogen (secondary N) is 1. The van der Waals surface area contributed by atoms with E-state index in [1.807, 2.05) is 62.3 Å². The van der Waals surface area contributed by atoms with Crippen LogP contribution in [0.4, 0.5) is 21.5 Å². The fraction of sp³-hybridized carbons (Fsp3) is 0.120. The van der Waals surface area contributed by atoms with Crippen LogP contribution in [-0.2, 0) is 9.59 Å². The molecule has 1 aliphatic rings. The number of halogens is 1. The molecule has 0 saturated carbocycles. The van der Waals surface area contributed by atoms with Crippen LogP contribution in [0.5, 0.6) is 0 Å². The minimum absolute atomic E-state index is 0.169. The standard InChI is InChI=1S/C25H22FN3O2/c1-16-6-4-5-7-21(16)27-23-22(17-8-10-18(26)11-9-17)24(30)29(25(23)31)20-14-12-19(13-15-20)28(2)3/h4-15,27H,1-3H3. The van der Waals surface area contributed by atoms with Gasteiger partial charge in [0.2, 0.25) is 0 Å². The van der Waals surface area contributed by atoms with Crippen molar-refractivity contribution in [2.45, 2.75) is 6.92 Å². The summed E-state index contributed by atoms with van der Waals surface area (Å²) in [6.45, 7) is 1.92. The second-order valence-electron chi connectivity index (χ2n) is 7.55. The van der Waals surface area contributed by atoms with Crippen molar-refractivity contribution in [1.29, 1.82) is 0 Å². The van der Waals surface area contributed by atoms with E-state index in [1.165, 1.54) is 24.3 Å². The zero-order chi connectivity index (χ0) is 22.1. The third-order valence-electron chi connectivity index (χ3n) is 5.25. The maximum absolute atomic E-state index is 13.5. The SMILES string of the molecule is Cc1ccccc1NC1=C(c2ccc(F)cc2)C(=O)N(c2ccc(N(C)C)cc2)C1=O. The molecule has 0 bridgehead atoms. The maximum Gasteiger partial charge on any atom is 0.282 e. The average Bonchev–Trinajstić information content (AvgIpc) is 3.00. The summed E-state index contributed by atoms with van der Waals surface area (Å²) >= 11 is 0. The number of nitrogens with zero attached hydrogens (tertiary/aromatic N) is 2. The second kappa shape index (κ2) is 8.07. The Morgan fingerprint density at radius 1 is 0.839 bits per heavy atom. The van der Waals surface area contributed by atoms with Gasteiger partial charge in [0.25, 0.3) is 11.8 Å². The second-order valence-corrected chi connectivity index (χ2v) is 7.55. The monoisotopic (exact) mass is 415 g/mol. The summed E-state index contributed by atoms with van der Waals surface area (Å²) < 4.78 is 13.5. The molecule has 0 spiro atoms. The molecule has 0 aliphatic carbocycles. The number of benzene rings is 3. The van der Waals surface area contributed by atoms with Crippen LogP contribution in [0.25, 0.3) is 5.57 Å². The lowest BCUT2D eigenvalue weighted by Gasteiger charge is -2.18. The van der Waals surface area contributed by atoms with E-state index in [9.17, 15) is 14.0 Å². The Labute approximate surface area is 180 Å². The van der Waals surface area contributed by atoms with Crippen LogP contribution in [0.2, 0.25) is 0 Å². The van der Waals surface area contributed by atoms with Crippen molar-refractivity contribution in [3.8, 4) is 0 Å². The van der Waals surface area contributed by atoms with E-state index >= 15 is 0 Å². The first-order valence-electron chi connectivity index (χ1n) is 9.86. The number of aryl methyl sites for hydroxylation is 1. The molecule has 0 atom stereocenters. The average molecular weight is 415 g/mol. The predicted molar refractivity (Wildman–Crippen MR) is 121 cm³/mol. The number of hydrogen-bond acceptors (Lipinski definition) is 4. The van der Waals surface area contributed by atoms with Crippen LogP contribution in [-0.4, -0.2) is 25.9 Å². The molecule has 31 heavy (non-hydrogen) atoms. The summed E-state index contributed by atoms with van der Waals surface area (Å²) in [4.78, 5) is 29.9. The van der Waals surface area contributed by atoms with E-state index in [4.69, 9.17) is 0 Å². The molecule has 0 fully saturated rings. The molecule has 3 aromatic rings. The maximum atomic E-state index is 13.5. The van der Waals surface area contributed by atoms with Crippen LogP contribution < -0.4 is 15.1 Å². The predicted octanol–water partition coefficient (Wildman–Crippen LogP) is 4.60. The van der Waals surface area contributed by atoms with Gasteiger partial charge in [-0.15, -0.1) is 0 Å². The molecule has 1 heterocycles. The van der Waals surface area contributed by atoms with Crippen molar-refractivity contribution in [3.63, 3.8) is 0 Å². The highest BCUT2D eigenvalue weighted by Gasteiger charge is 2.40. The molecule has 1 N–H and O–H groups in total. The van der Waals surface area contributed by atoms with Crippen molar-refractivity contribution in [3.05, 3.63) is 95.4 Å². The number of anilines is 3. The molecule has 6 heteroatoms. The Bertz CT molecular complexity index is 1180. The van der Waals surface area contributed by atoms with E-state index in [2.05, 4.69) is 5.32 Å². The van der Waals surface area contributed by atoms with Gasteiger partial charge in [0.1, 0.15) is 11.5 Å². The molecule has 2 amide bonds. The summed E-state index contributed by atoms with van der Waals surface area (Å²) in [5.74, 6) is -1.32. The highest BCUT2D eigenvalue weighted by molar-refractivity contribution is 6.46. The summed E-state index contributed by atoms with van der Waals surface area (Å²) in [6.07, 6.45) is 0. The van der Waals surface area contributed by atoms with Gasteiger partial charge in [-0.1, -0.05) is 30.3 Å². The van der Waals surface area contributed by atoms with Crippen molar-refractivity contribution < 1.29 is 14.0 Å². The highest BCUT2D eigenvalue weighted by atomic mass is 19.1. The number of rotatable bonds is 5. The highest BCUT2D eigenvalue weighted by Crippen LogP contribution is 2.34. The van der Waals surface area contributed by atoms with E-state index < -0.39 is 17.6 Å². The first kappa shape index (κ1) is 20.3. The number of carbonyl (C=O) groups is 2. The lowest BCUT2D eigenvalue weighted by atomic mass is 10.0. The fourth-order valence-electron chi connectivity index (χ4n) is 3.51. The van der Waals surface area contributed by atoms with Crippen LogP contribution >= 0.6 is 0 Å². The van der Waals surface area contributed by atoms with E-state index in [-0.39, 0.29) is 11.3 Å². The van der Waals surface area contributed by atoms with Crippen LogP contribution in [0.1, 0.15) is 11.1 Å². The molecule has 1 aliphatic heterocycles. The molecular formula is C25H22FN3O2. The Hall–Kier alpha value is -3.93. The molecule has 0 radical (unpaired) electrons. The summed E-state index contributed by atoms with van der Waals surface area (Å²) in [6, 6.07) is 20.3. The third-order valence-corrected chi connectivity index (χ3v) is 5.25. The minimum atomic E-state index is -0.454. The van der Waals surface area contributed by atoms with Gasteiger partial charge in [0.05, 0.1) is 11.3 Å². The number of carbonyl (C=O) groups excluding carboxylic acids is 2. The number of amides is 2. The molecule has 3 aromatic carbocycles. The lowest BCUT2D eigenvalue weighted by Crippen LogP contribution is -2.32. The summed E-state index contributed by atoms with van der Waals surface area (Å²) in [7, 11) is 3.83. The van der Waals surface area contributed by atoms with Crippen molar-refractivity contribution in [2.75, 3.05) is 29.2 Å².